The third-order valence-electron chi connectivity index (χ3n) is 5.21. The lowest BCUT2D eigenvalue weighted by Gasteiger charge is -2.36. The fraction of sp³-hybridized carbons (Fsp3) is 0.571. The molecule has 1 aliphatic rings. The van der Waals surface area contributed by atoms with Gasteiger partial charge in [-0.15, -0.1) is 0 Å². The molecule has 0 radical (unpaired) electrons. The van der Waals surface area contributed by atoms with Crippen molar-refractivity contribution in [2.75, 3.05) is 25.0 Å². The number of rotatable bonds is 8. The minimum absolute atomic E-state index is 0.0985. The Morgan fingerprint density at radius 3 is 2.34 bits per heavy atom. The molecule has 0 unspecified atom stereocenters. The molecule has 2 rings (SSSR count). The van der Waals surface area contributed by atoms with Crippen LogP contribution in [0, 0.1) is 0 Å². The molecule has 0 aromatic heterocycles. The molecule has 1 fully saturated rings. The highest BCUT2D eigenvalue weighted by Crippen LogP contribution is 2.31. The Morgan fingerprint density at radius 1 is 1.14 bits per heavy atom. The summed E-state index contributed by atoms with van der Waals surface area (Å²) in [5, 5.41) is 6.00. The molecule has 0 spiro atoms. The van der Waals surface area contributed by atoms with Crippen molar-refractivity contribution in [1.82, 2.24) is 10.2 Å². The van der Waals surface area contributed by atoms with Crippen LogP contribution in [0.1, 0.15) is 52.9 Å². The van der Waals surface area contributed by atoms with Crippen molar-refractivity contribution in [1.29, 1.82) is 0 Å². The molecule has 0 aliphatic heterocycles. The van der Waals surface area contributed by atoms with Gasteiger partial charge in [0, 0.05) is 25.7 Å². The molecule has 2 N–H and O–H groups in total. The summed E-state index contributed by atoms with van der Waals surface area (Å²) < 4.78 is 5.54. The first-order chi connectivity index (χ1) is 13.8. The van der Waals surface area contributed by atoms with Crippen molar-refractivity contribution in [3.05, 3.63) is 23.2 Å². The maximum absolute atomic E-state index is 12.9. The van der Waals surface area contributed by atoms with Crippen LogP contribution in [0.5, 0.6) is 5.75 Å². The molecule has 0 atom stereocenters. The topological polar surface area (TPSA) is 87.7 Å². The van der Waals surface area contributed by atoms with Gasteiger partial charge in [-0.2, -0.15) is 0 Å². The molecule has 1 saturated carbocycles. The third kappa shape index (κ3) is 6.10. The molecule has 160 valence electrons. The summed E-state index contributed by atoms with van der Waals surface area (Å²) in [6.07, 6.45) is 4.06. The molecular weight excluding hydrogens is 394 g/mol. The summed E-state index contributed by atoms with van der Waals surface area (Å²) in [7, 11) is 0. The zero-order chi connectivity index (χ0) is 21.4. The number of likely N-dealkylation sites (N-methyl/N-ethyl adjacent to an activating group) is 1. The Balaban J connectivity index is 2.04. The van der Waals surface area contributed by atoms with E-state index in [4.69, 9.17) is 16.3 Å². The van der Waals surface area contributed by atoms with E-state index in [-0.39, 0.29) is 24.3 Å². The number of ether oxygens (including phenoxy) is 1. The summed E-state index contributed by atoms with van der Waals surface area (Å²) >= 11 is 6.28. The summed E-state index contributed by atoms with van der Waals surface area (Å²) in [4.78, 5) is 38.3. The van der Waals surface area contributed by atoms with Crippen molar-refractivity contribution in [2.45, 2.75) is 58.4 Å². The second-order valence-electron chi connectivity index (χ2n) is 7.28. The van der Waals surface area contributed by atoms with E-state index in [9.17, 15) is 14.4 Å². The lowest BCUT2D eigenvalue weighted by Crippen LogP contribution is -2.57. The quantitative estimate of drug-likeness (QED) is 0.671. The van der Waals surface area contributed by atoms with Crippen molar-refractivity contribution in [2.24, 2.45) is 0 Å². The minimum Gasteiger partial charge on any atom is -0.482 e. The highest BCUT2D eigenvalue weighted by Gasteiger charge is 2.40. The van der Waals surface area contributed by atoms with Gasteiger partial charge in [0.1, 0.15) is 11.3 Å². The highest BCUT2D eigenvalue weighted by molar-refractivity contribution is 6.32. The van der Waals surface area contributed by atoms with Gasteiger partial charge in [-0.05, 0) is 44.9 Å². The van der Waals surface area contributed by atoms with Crippen molar-refractivity contribution < 1.29 is 19.1 Å². The maximum Gasteiger partial charge on any atom is 0.260 e. The summed E-state index contributed by atoms with van der Waals surface area (Å²) in [6.45, 7) is 6.38. The first kappa shape index (κ1) is 23.0. The van der Waals surface area contributed by atoms with E-state index in [1.807, 2.05) is 13.8 Å². The van der Waals surface area contributed by atoms with Crippen LogP contribution < -0.4 is 15.4 Å². The third-order valence-corrected chi connectivity index (χ3v) is 5.51. The highest BCUT2D eigenvalue weighted by atomic mass is 35.5. The molecule has 8 heteroatoms. The van der Waals surface area contributed by atoms with Crippen LogP contribution in [0.3, 0.4) is 0 Å². The Hall–Kier alpha value is -2.28. The van der Waals surface area contributed by atoms with Gasteiger partial charge in [0.2, 0.25) is 11.8 Å². The molecule has 0 saturated heterocycles. The van der Waals surface area contributed by atoms with Gasteiger partial charge in [-0.1, -0.05) is 30.9 Å². The normalized spacial score (nSPS) is 15.3. The lowest BCUT2D eigenvalue weighted by atomic mass is 9.80. The number of nitrogens with zero attached hydrogens (tertiary/aromatic N) is 1. The van der Waals surface area contributed by atoms with Crippen LogP contribution in [0.15, 0.2) is 18.2 Å². The number of amides is 3. The summed E-state index contributed by atoms with van der Waals surface area (Å²) in [5.74, 6) is -0.201. The Bertz CT molecular complexity index is 743. The number of carbonyl (C=O) groups is 3. The lowest BCUT2D eigenvalue weighted by molar-refractivity contribution is -0.133. The van der Waals surface area contributed by atoms with Crippen LogP contribution in [-0.4, -0.2) is 47.9 Å². The molecule has 1 aromatic carbocycles. The zero-order valence-electron chi connectivity index (χ0n) is 17.3. The number of halogens is 1. The Kier molecular flexibility index (Phi) is 8.32. The molecule has 7 nitrogen and oxygen atoms in total. The van der Waals surface area contributed by atoms with Crippen LogP contribution in [-0.2, 0) is 14.4 Å². The Morgan fingerprint density at radius 2 is 1.79 bits per heavy atom. The Labute approximate surface area is 177 Å². The molecule has 1 aliphatic carbocycles. The first-order valence-electron chi connectivity index (χ1n) is 10.1. The molecule has 29 heavy (non-hydrogen) atoms. The average Bonchev–Trinajstić information content (AvgIpc) is 2.68. The monoisotopic (exact) mass is 423 g/mol. The number of hydrogen-bond acceptors (Lipinski definition) is 4. The van der Waals surface area contributed by atoms with E-state index < -0.39 is 5.54 Å². The first-order valence-corrected chi connectivity index (χ1v) is 10.5. The van der Waals surface area contributed by atoms with Crippen molar-refractivity contribution in [3.63, 3.8) is 0 Å². The van der Waals surface area contributed by atoms with Crippen molar-refractivity contribution in [3.8, 4) is 5.75 Å². The molecule has 0 heterocycles. The van der Waals surface area contributed by atoms with Crippen LogP contribution in [0.2, 0.25) is 5.02 Å². The fourth-order valence-electron chi connectivity index (χ4n) is 3.65. The molecule has 3 amide bonds. The van der Waals surface area contributed by atoms with E-state index in [1.165, 1.54) is 6.92 Å². The van der Waals surface area contributed by atoms with Crippen LogP contribution in [0.4, 0.5) is 5.69 Å². The van der Waals surface area contributed by atoms with E-state index in [1.54, 1.807) is 23.1 Å². The van der Waals surface area contributed by atoms with Crippen LogP contribution in [0.25, 0.3) is 0 Å². The smallest absolute Gasteiger partial charge is 0.260 e. The number of carbonyl (C=O) groups excluding carboxylic acids is 3. The average molecular weight is 424 g/mol. The number of anilines is 1. The largest absolute Gasteiger partial charge is 0.482 e. The summed E-state index contributed by atoms with van der Waals surface area (Å²) in [6, 6.07) is 4.88. The van der Waals surface area contributed by atoms with Gasteiger partial charge in [0.05, 0.1) is 5.02 Å². The standard InChI is InChI=1S/C21H30ClN3O4/c1-4-25(5-2)19(27)14-29-18-10-9-16(13-17(18)22)23-20(28)21(24-15(3)26)11-7-6-8-12-21/h9-10,13H,4-8,11-12,14H2,1-3H3,(H,23,28)(H,24,26). The van der Waals surface area contributed by atoms with Gasteiger partial charge in [0.25, 0.3) is 5.91 Å². The van der Waals surface area contributed by atoms with Gasteiger partial charge >= 0.3 is 0 Å². The van der Waals surface area contributed by atoms with Gasteiger partial charge < -0.3 is 20.3 Å². The number of nitrogens with one attached hydrogen (secondary N) is 2. The maximum atomic E-state index is 12.9. The zero-order valence-corrected chi connectivity index (χ0v) is 18.1. The molecule has 1 aromatic rings. The van der Waals surface area contributed by atoms with Crippen LogP contribution >= 0.6 is 11.6 Å². The van der Waals surface area contributed by atoms with E-state index in [0.29, 0.717) is 42.4 Å². The second-order valence-corrected chi connectivity index (χ2v) is 7.69. The van der Waals surface area contributed by atoms with Gasteiger partial charge in [-0.3, -0.25) is 14.4 Å². The SMILES string of the molecule is CCN(CC)C(=O)COc1ccc(NC(=O)C2(NC(C)=O)CCCCC2)cc1Cl. The number of benzene rings is 1. The van der Waals surface area contributed by atoms with E-state index >= 15 is 0 Å². The van der Waals surface area contributed by atoms with Gasteiger partial charge in [0.15, 0.2) is 6.61 Å². The predicted molar refractivity (Wildman–Crippen MR) is 113 cm³/mol. The predicted octanol–water partition coefficient (Wildman–Crippen LogP) is 3.36. The molecular formula is C21H30ClN3O4. The van der Waals surface area contributed by atoms with E-state index in [2.05, 4.69) is 10.6 Å². The van der Waals surface area contributed by atoms with E-state index in [0.717, 1.165) is 19.3 Å². The second kappa shape index (κ2) is 10.5. The summed E-state index contributed by atoms with van der Waals surface area (Å²) in [5.41, 5.74) is -0.375. The fourth-order valence-corrected chi connectivity index (χ4v) is 3.89. The van der Waals surface area contributed by atoms with Crippen molar-refractivity contribution >= 4 is 35.0 Å². The number of hydrogen-bond donors (Lipinski definition) is 2. The minimum atomic E-state index is -0.887. The van der Waals surface area contributed by atoms with Gasteiger partial charge in [-0.25, -0.2) is 0 Å². The molecule has 0 bridgehead atoms.